The van der Waals surface area contributed by atoms with E-state index in [2.05, 4.69) is 0 Å². The van der Waals surface area contributed by atoms with Gasteiger partial charge >= 0.3 is 0 Å². The number of hydrogen-bond donors (Lipinski definition) is 0. The lowest BCUT2D eigenvalue weighted by Gasteiger charge is -2.26. The molecule has 0 N–H and O–H groups in total. The van der Waals surface area contributed by atoms with E-state index in [-0.39, 0.29) is 12.5 Å². The van der Waals surface area contributed by atoms with E-state index < -0.39 is 10.8 Å². The van der Waals surface area contributed by atoms with Crippen LogP contribution in [0.1, 0.15) is 6.92 Å². The fraction of sp³-hybridized carbons (Fsp3) is 0.875. The van der Waals surface area contributed by atoms with Crippen molar-refractivity contribution in [3.8, 4) is 0 Å². The number of hydrogen-bond acceptors (Lipinski definition) is 3. The maximum Gasteiger partial charge on any atom is 0.248 e. The van der Waals surface area contributed by atoms with Crippen LogP contribution in [0.15, 0.2) is 0 Å². The van der Waals surface area contributed by atoms with E-state index in [1.54, 1.807) is 4.90 Å². The summed E-state index contributed by atoms with van der Waals surface area (Å²) < 4.78 is 16.0. The second-order valence-electron chi connectivity index (χ2n) is 2.87. The van der Waals surface area contributed by atoms with Gasteiger partial charge in [-0.25, -0.2) is 0 Å². The predicted octanol–water partition coefficient (Wildman–Crippen LogP) is -0.386. The molecule has 5 heteroatoms. The number of rotatable bonds is 3. The molecule has 1 aliphatic heterocycles. The quantitative estimate of drug-likeness (QED) is 0.630. The largest absolute Gasteiger partial charge is 0.372 e. The smallest absolute Gasteiger partial charge is 0.248 e. The van der Waals surface area contributed by atoms with Crippen LogP contribution in [0, 0.1) is 0 Å². The van der Waals surface area contributed by atoms with Crippen molar-refractivity contribution in [1.29, 1.82) is 0 Å². The first-order valence-corrected chi connectivity index (χ1v) is 5.93. The Bertz CT molecular complexity index is 198. The molecule has 0 saturated carbocycles. The molecule has 1 saturated heterocycles. The van der Waals surface area contributed by atoms with Crippen molar-refractivity contribution >= 4 is 16.7 Å². The molecule has 1 rings (SSSR count). The number of ether oxygens (including phenoxy) is 1. The SMILES string of the molecule is CCOCC(=O)N1CCS(=O)CC1. The predicted molar refractivity (Wildman–Crippen MR) is 50.9 cm³/mol. The Morgan fingerprint density at radius 3 is 2.62 bits per heavy atom. The van der Waals surface area contributed by atoms with Crippen LogP contribution in [0.25, 0.3) is 0 Å². The van der Waals surface area contributed by atoms with Gasteiger partial charge in [0.15, 0.2) is 0 Å². The molecule has 1 heterocycles. The molecule has 0 spiro atoms. The lowest BCUT2D eigenvalue weighted by atomic mass is 10.4. The highest BCUT2D eigenvalue weighted by molar-refractivity contribution is 7.85. The molecule has 1 fully saturated rings. The highest BCUT2D eigenvalue weighted by Crippen LogP contribution is 2.00. The van der Waals surface area contributed by atoms with Crippen LogP contribution in [-0.2, 0) is 20.3 Å². The monoisotopic (exact) mass is 205 g/mol. The van der Waals surface area contributed by atoms with Crippen molar-refractivity contribution in [3.05, 3.63) is 0 Å². The lowest BCUT2D eigenvalue weighted by Crippen LogP contribution is -2.43. The Labute approximate surface area is 80.7 Å². The summed E-state index contributed by atoms with van der Waals surface area (Å²) in [5.74, 6) is 1.23. The zero-order valence-electron chi connectivity index (χ0n) is 7.82. The van der Waals surface area contributed by atoms with Crippen LogP contribution in [-0.4, -0.2) is 52.8 Å². The van der Waals surface area contributed by atoms with Gasteiger partial charge in [0.25, 0.3) is 0 Å². The molecule has 0 atom stereocenters. The summed E-state index contributed by atoms with van der Waals surface area (Å²) in [4.78, 5) is 13.1. The van der Waals surface area contributed by atoms with E-state index in [1.807, 2.05) is 6.92 Å². The van der Waals surface area contributed by atoms with Gasteiger partial charge in [-0.15, -0.1) is 0 Å². The molecule has 0 radical (unpaired) electrons. The summed E-state index contributed by atoms with van der Waals surface area (Å²) in [5, 5.41) is 0. The Morgan fingerprint density at radius 1 is 1.46 bits per heavy atom. The second-order valence-corrected chi connectivity index (χ2v) is 4.56. The molecule has 4 nitrogen and oxygen atoms in total. The zero-order valence-corrected chi connectivity index (χ0v) is 8.64. The topological polar surface area (TPSA) is 46.6 Å². The first-order valence-electron chi connectivity index (χ1n) is 4.44. The number of carbonyl (C=O) groups is 1. The maximum atomic E-state index is 11.4. The molecule has 0 bridgehead atoms. The molecule has 13 heavy (non-hydrogen) atoms. The van der Waals surface area contributed by atoms with Crippen molar-refractivity contribution in [2.24, 2.45) is 0 Å². The Kier molecular flexibility index (Phi) is 4.38. The van der Waals surface area contributed by atoms with Crippen LogP contribution in [0.5, 0.6) is 0 Å². The fourth-order valence-electron chi connectivity index (χ4n) is 1.17. The molecule has 0 aliphatic carbocycles. The Morgan fingerprint density at radius 2 is 2.08 bits per heavy atom. The summed E-state index contributed by atoms with van der Waals surface area (Å²) >= 11 is 0. The molecule has 0 aromatic heterocycles. The minimum absolute atomic E-state index is 0.0125. The van der Waals surface area contributed by atoms with Gasteiger partial charge in [-0.1, -0.05) is 0 Å². The minimum Gasteiger partial charge on any atom is -0.372 e. The van der Waals surface area contributed by atoms with Crippen LogP contribution in [0.3, 0.4) is 0 Å². The molecular weight excluding hydrogens is 190 g/mol. The van der Waals surface area contributed by atoms with Gasteiger partial charge in [0.05, 0.1) is 0 Å². The average molecular weight is 205 g/mol. The highest BCUT2D eigenvalue weighted by Gasteiger charge is 2.19. The van der Waals surface area contributed by atoms with Gasteiger partial charge in [-0.3, -0.25) is 9.00 Å². The fourth-order valence-corrected chi connectivity index (χ4v) is 2.22. The van der Waals surface area contributed by atoms with Gasteiger partial charge in [0, 0.05) is 42.0 Å². The minimum atomic E-state index is -0.718. The van der Waals surface area contributed by atoms with Crippen molar-refractivity contribution in [3.63, 3.8) is 0 Å². The summed E-state index contributed by atoms with van der Waals surface area (Å²) in [6, 6.07) is 0. The zero-order chi connectivity index (χ0) is 9.68. The van der Waals surface area contributed by atoms with Crippen molar-refractivity contribution in [2.45, 2.75) is 6.92 Å². The van der Waals surface area contributed by atoms with Crippen LogP contribution in [0.2, 0.25) is 0 Å². The van der Waals surface area contributed by atoms with Crippen LogP contribution in [0.4, 0.5) is 0 Å². The summed E-state index contributed by atoms with van der Waals surface area (Å²) in [6.07, 6.45) is 0. The van der Waals surface area contributed by atoms with Gasteiger partial charge in [0.2, 0.25) is 5.91 Å². The molecule has 0 aromatic carbocycles. The first-order chi connectivity index (χ1) is 6.24. The van der Waals surface area contributed by atoms with Gasteiger partial charge in [-0.05, 0) is 6.92 Å². The normalized spacial score (nSPS) is 19.0. The van der Waals surface area contributed by atoms with E-state index in [0.29, 0.717) is 31.2 Å². The van der Waals surface area contributed by atoms with E-state index >= 15 is 0 Å². The average Bonchev–Trinajstić information content (AvgIpc) is 2.15. The van der Waals surface area contributed by atoms with Crippen molar-refractivity contribution in [1.82, 2.24) is 4.90 Å². The van der Waals surface area contributed by atoms with Gasteiger partial charge < -0.3 is 9.64 Å². The molecule has 1 amide bonds. The maximum absolute atomic E-state index is 11.4. The molecular formula is C8H15NO3S. The number of nitrogens with zero attached hydrogens (tertiary/aromatic N) is 1. The Balaban J connectivity index is 2.27. The third kappa shape index (κ3) is 3.44. The van der Waals surface area contributed by atoms with Crippen LogP contribution >= 0.6 is 0 Å². The second kappa shape index (κ2) is 5.34. The third-order valence-corrected chi connectivity index (χ3v) is 3.24. The number of carbonyl (C=O) groups excluding carboxylic acids is 1. The van der Waals surface area contributed by atoms with E-state index in [1.165, 1.54) is 0 Å². The molecule has 1 aliphatic rings. The van der Waals surface area contributed by atoms with E-state index in [9.17, 15) is 9.00 Å². The van der Waals surface area contributed by atoms with Crippen molar-refractivity contribution < 1.29 is 13.7 Å². The first kappa shape index (κ1) is 10.7. The summed E-state index contributed by atoms with van der Waals surface area (Å²) in [5.41, 5.74) is 0. The molecule has 76 valence electrons. The Hall–Kier alpha value is -0.420. The van der Waals surface area contributed by atoms with Crippen molar-refractivity contribution in [2.75, 3.05) is 37.8 Å². The summed E-state index contributed by atoms with van der Waals surface area (Å²) in [7, 11) is -0.718. The number of amides is 1. The highest BCUT2D eigenvalue weighted by atomic mass is 32.2. The van der Waals surface area contributed by atoms with Crippen LogP contribution < -0.4 is 0 Å². The van der Waals surface area contributed by atoms with E-state index in [4.69, 9.17) is 4.74 Å². The lowest BCUT2D eigenvalue weighted by molar-refractivity contribution is -0.135. The standard InChI is InChI=1S/C8H15NO3S/c1-2-12-7-8(10)9-3-5-13(11)6-4-9/h2-7H2,1H3. The van der Waals surface area contributed by atoms with E-state index in [0.717, 1.165) is 0 Å². The third-order valence-electron chi connectivity index (χ3n) is 1.96. The van der Waals surface area contributed by atoms with Gasteiger partial charge in [0.1, 0.15) is 6.61 Å². The molecule has 0 aromatic rings. The summed E-state index contributed by atoms with van der Waals surface area (Å²) in [6.45, 7) is 3.80. The van der Waals surface area contributed by atoms with Gasteiger partial charge in [-0.2, -0.15) is 0 Å². The molecule has 0 unspecified atom stereocenters.